The predicted molar refractivity (Wildman–Crippen MR) is 110 cm³/mol. The summed E-state index contributed by atoms with van der Waals surface area (Å²) in [4.78, 5) is 6.81. The van der Waals surface area contributed by atoms with Crippen molar-refractivity contribution < 1.29 is 4.74 Å². The Labute approximate surface area is 167 Å². The van der Waals surface area contributed by atoms with Crippen molar-refractivity contribution >= 4 is 29.9 Å². The lowest BCUT2D eigenvalue weighted by atomic mass is 10.0. The molecule has 1 aromatic heterocycles. The van der Waals surface area contributed by atoms with E-state index in [1.807, 2.05) is 18.5 Å². The van der Waals surface area contributed by atoms with Crippen LogP contribution < -0.4 is 10.6 Å². The molecule has 25 heavy (non-hydrogen) atoms. The number of morpholine rings is 1. The van der Waals surface area contributed by atoms with Gasteiger partial charge in [0.2, 0.25) is 0 Å². The lowest BCUT2D eigenvalue weighted by molar-refractivity contribution is 0.00752. The third-order valence-electron chi connectivity index (χ3n) is 4.58. The smallest absolute Gasteiger partial charge is 0.191 e. The van der Waals surface area contributed by atoms with Crippen LogP contribution in [0, 0.1) is 12.8 Å². The van der Waals surface area contributed by atoms with Gasteiger partial charge in [-0.2, -0.15) is 0 Å². The first-order chi connectivity index (χ1) is 11.5. The maximum absolute atomic E-state index is 5.46. The number of halogens is 1. The Kier molecular flexibility index (Phi) is 9.65. The van der Waals surface area contributed by atoms with Gasteiger partial charge in [-0.25, -0.2) is 0 Å². The maximum Gasteiger partial charge on any atom is 0.191 e. The van der Waals surface area contributed by atoms with E-state index in [-0.39, 0.29) is 24.0 Å². The van der Waals surface area contributed by atoms with Crippen LogP contribution in [0.25, 0.3) is 0 Å². The second kappa shape index (κ2) is 10.9. The number of nitrogens with zero attached hydrogens (tertiary/aromatic N) is 5. The van der Waals surface area contributed by atoms with Crippen molar-refractivity contribution in [3.05, 3.63) is 11.6 Å². The average molecular weight is 465 g/mol. The van der Waals surface area contributed by atoms with Crippen molar-refractivity contribution in [2.45, 2.75) is 33.4 Å². The molecule has 1 aliphatic rings. The molecule has 2 heterocycles. The van der Waals surface area contributed by atoms with E-state index in [1.54, 1.807) is 7.05 Å². The number of guanidine groups is 1. The summed E-state index contributed by atoms with van der Waals surface area (Å²) >= 11 is 0. The van der Waals surface area contributed by atoms with Gasteiger partial charge in [-0.3, -0.25) is 9.89 Å². The first-order valence-corrected chi connectivity index (χ1v) is 8.64. The normalized spacial score (nSPS) is 17.3. The molecule has 9 heteroatoms. The summed E-state index contributed by atoms with van der Waals surface area (Å²) in [5, 5.41) is 15.0. The Balaban J connectivity index is 0.00000312. The highest BCUT2D eigenvalue weighted by Gasteiger charge is 2.23. The predicted octanol–water partition coefficient (Wildman–Crippen LogP) is 0.763. The molecule has 2 rings (SSSR count). The molecule has 144 valence electrons. The molecule has 1 unspecified atom stereocenters. The number of aromatic nitrogens is 3. The van der Waals surface area contributed by atoms with Crippen molar-refractivity contribution in [2.24, 2.45) is 18.0 Å². The summed E-state index contributed by atoms with van der Waals surface area (Å²) in [6.45, 7) is 11.6. The second-order valence-electron chi connectivity index (χ2n) is 6.49. The van der Waals surface area contributed by atoms with Gasteiger partial charge in [0.25, 0.3) is 0 Å². The Bertz CT molecular complexity index is 541. The number of hydrogen-bond acceptors (Lipinski definition) is 5. The van der Waals surface area contributed by atoms with Crippen LogP contribution in [0.5, 0.6) is 0 Å². The van der Waals surface area contributed by atoms with E-state index in [2.05, 4.69) is 44.6 Å². The van der Waals surface area contributed by atoms with Crippen LogP contribution in [-0.2, 0) is 18.3 Å². The van der Waals surface area contributed by atoms with Crippen LogP contribution in [0.3, 0.4) is 0 Å². The number of nitrogens with one attached hydrogen (secondary N) is 2. The van der Waals surface area contributed by atoms with Crippen LogP contribution in [0.4, 0.5) is 0 Å². The largest absolute Gasteiger partial charge is 0.379 e. The molecule has 1 aliphatic heterocycles. The van der Waals surface area contributed by atoms with E-state index < -0.39 is 0 Å². The standard InChI is InChI=1S/C16H31N7O.HI/c1-12(2)14(23-6-8-24-9-7-23)10-18-16(17-4)19-11-15-21-20-13(3)22(15)5;/h12,14H,6-11H2,1-5H3,(H2,17,18,19);1H. The van der Waals surface area contributed by atoms with Gasteiger partial charge in [0.05, 0.1) is 19.8 Å². The number of aryl methyl sites for hydroxylation is 1. The minimum Gasteiger partial charge on any atom is -0.379 e. The minimum atomic E-state index is 0. The van der Waals surface area contributed by atoms with Crippen LogP contribution in [0.1, 0.15) is 25.5 Å². The van der Waals surface area contributed by atoms with Crippen LogP contribution in [0.2, 0.25) is 0 Å². The quantitative estimate of drug-likeness (QED) is 0.367. The molecule has 1 aromatic rings. The zero-order valence-corrected chi connectivity index (χ0v) is 18.3. The fourth-order valence-corrected chi connectivity index (χ4v) is 2.89. The fraction of sp³-hybridized carbons (Fsp3) is 0.812. The Morgan fingerprint density at radius 3 is 2.44 bits per heavy atom. The summed E-state index contributed by atoms with van der Waals surface area (Å²) in [7, 11) is 3.76. The lowest BCUT2D eigenvalue weighted by Gasteiger charge is -2.37. The molecular weight excluding hydrogens is 433 g/mol. The number of hydrogen-bond donors (Lipinski definition) is 2. The summed E-state index contributed by atoms with van der Waals surface area (Å²) in [5.74, 6) is 3.15. The molecule has 0 bridgehead atoms. The van der Waals surface area contributed by atoms with Gasteiger partial charge in [0, 0.05) is 39.8 Å². The third-order valence-corrected chi connectivity index (χ3v) is 4.58. The van der Waals surface area contributed by atoms with Crippen LogP contribution >= 0.6 is 24.0 Å². The van der Waals surface area contributed by atoms with E-state index in [9.17, 15) is 0 Å². The highest BCUT2D eigenvalue weighted by atomic mass is 127. The van der Waals surface area contributed by atoms with Gasteiger partial charge < -0.3 is 19.9 Å². The number of ether oxygens (including phenoxy) is 1. The fourth-order valence-electron chi connectivity index (χ4n) is 2.89. The molecule has 1 saturated heterocycles. The molecule has 0 aliphatic carbocycles. The van der Waals surface area contributed by atoms with Gasteiger partial charge in [0.1, 0.15) is 5.82 Å². The third kappa shape index (κ3) is 6.37. The average Bonchev–Trinajstić information content (AvgIpc) is 2.90. The maximum atomic E-state index is 5.46. The minimum absolute atomic E-state index is 0. The van der Waals surface area contributed by atoms with Gasteiger partial charge >= 0.3 is 0 Å². The molecule has 0 saturated carbocycles. The van der Waals surface area contributed by atoms with Gasteiger partial charge in [0.15, 0.2) is 11.8 Å². The summed E-state index contributed by atoms with van der Waals surface area (Å²) in [6.07, 6.45) is 0. The van der Waals surface area contributed by atoms with Gasteiger partial charge in [-0.1, -0.05) is 13.8 Å². The van der Waals surface area contributed by atoms with Gasteiger partial charge in [-0.15, -0.1) is 34.2 Å². The van der Waals surface area contributed by atoms with Crippen molar-refractivity contribution in [3.63, 3.8) is 0 Å². The highest BCUT2D eigenvalue weighted by molar-refractivity contribution is 14.0. The van der Waals surface area contributed by atoms with Crippen molar-refractivity contribution in [1.82, 2.24) is 30.3 Å². The SMILES string of the molecule is CN=C(NCc1nnc(C)n1C)NCC(C(C)C)N1CCOCC1.I. The van der Waals surface area contributed by atoms with E-state index in [4.69, 9.17) is 4.74 Å². The molecule has 8 nitrogen and oxygen atoms in total. The summed E-state index contributed by atoms with van der Waals surface area (Å²) in [5.41, 5.74) is 0. The molecule has 0 aromatic carbocycles. The summed E-state index contributed by atoms with van der Waals surface area (Å²) < 4.78 is 7.44. The molecule has 1 fully saturated rings. The topological polar surface area (TPSA) is 79.6 Å². The van der Waals surface area contributed by atoms with E-state index in [0.29, 0.717) is 18.5 Å². The molecule has 0 spiro atoms. The first-order valence-electron chi connectivity index (χ1n) is 8.64. The molecular formula is C16H32IN7O. The highest BCUT2D eigenvalue weighted by Crippen LogP contribution is 2.12. The number of aliphatic imine (C=N–C) groups is 1. The first kappa shape index (κ1) is 22.1. The van der Waals surface area contributed by atoms with E-state index in [1.165, 1.54) is 0 Å². The van der Waals surface area contributed by atoms with E-state index >= 15 is 0 Å². The van der Waals surface area contributed by atoms with Crippen LogP contribution in [-0.4, -0.2) is 71.6 Å². The zero-order chi connectivity index (χ0) is 17.5. The Hall–Kier alpha value is -0.940. The lowest BCUT2D eigenvalue weighted by Crippen LogP contribution is -2.52. The Morgan fingerprint density at radius 1 is 1.24 bits per heavy atom. The molecule has 0 radical (unpaired) electrons. The Morgan fingerprint density at radius 2 is 1.92 bits per heavy atom. The molecule has 2 N–H and O–H groups in total. The zero-order valence-electron chi connectivity index (χ0n) is 15.9. The monoisotopic (exact) mass is 465 g/mol. The van der Waals surface area contributed by atoms with Crippen LogP contribution in [0.15, 0.2) is 4.99 Å². The number of rotatable bonds is 6. The second-order valence-corrected chi connectivity index (χ2v) is 6.49. The molecule has 0 amide bonds. The van der Waals surface area contributed by atoms with Crippen molar-refractivity contribution in [1.29, 1.82) is 0 Å². The summed E-state index contributed by atoms with van der Waals surface area (Å²) in [6, 6.07) is 0.463. The van der Waals surface area contributed by atoms with Crippen molar-refractivity contribution in [3.8, 4) is 0 Å². The van der Waals surface area contributed by atoms with Crippen molar-refractivity contribution in [2.75, 3.05) is 39.9 Å². The van der Waals surface area contributed by atoms with E-state index in [0.717, 1.165) is 50.5 Å². The van der Waals surface area contributed by atoms with Gasteiger partial charge in [-0.05, 0) is 12.8 Å². The molecule has 1 atom stereocenters.